The van der Waals surface area contributed by atoms with E-state index in [-0.39, 0.29) is 0 Å². The molecular formula is C10H6O4S. The van der Waals surface area contributed by atoms with Gasteiger partial charge in [-0.05, 0) is 12.1 Å². The Morgan fingerprint density at radius 3 is 1.73 bits per heavy atom. The van der Waals surface area contributed by atoms with Gasteiger partial charge in [-0.1, -0.05) is 24.3 Å². The van der Waals surface area contributed by atoms with E-state index in [0.717, 1.165) is 10.8 Å². The molecule has 2 aromatic carbocycles. The van der Waals surface area contributed by atoms with E-state index >= 15 is 0 Å². The summed E-state index contributed by atoms with van der Waals surface area (Å²) in [5, 5.41) is 1.46. The first-order chi connectivity index (χ1) is 7.16. The standard InChI is InChI=1S/C10H6O4S/c11-15(12)13-9-5-1-3-7-8(9)4-2-6-10(7)14-15/h1-6H. The zero-order chi connectivity index (χ0) is 10.5. The van der Waals surface area contributed by atoms with Gasteiger partial charge in [-0.3, -0.25) is 0 Å². The van der Waals surface area contributed by atoms with Gasteiger partial charge in [0.25, 0.3) is 0 Å². The lowest BCUT2D eigenvalue weighted by Gasteiger charge is -2.01. The van der Waals surface area contributed by atoms with Crippen LogP contribution in [0.15, 0.2) is 36.4 Å². The summed E-state index contributed by atoms with van der Waals surface area (Å²) in [5.41, 5.74) is 0. The Hall–Kier alpha value is -1.75. The second-order valence-electron chi connectivity index (χ2n) is 3.18. The number of hydrogen-bond acceptors (Lipinski definition) is 4. The first-order valence-corrected chi connectivity index (χ1v) is 5.65. The number of hydrogen-bond donors (Lipinski definition) is 0. The van der Waals surface area contributed by atoms with Crippen LogP contribution in [0.1, 0.15) is 0 Å². The molecular weight excluding hydrogens is 216 g/mol. The van der Waals surface area contributed by atoms with Crippen molar-refractivity contribution < 1.29 is 16.8 Å². The summed E-state index contributed by atoms with van der Waals surface area (Å²) in [6.45, 7) is 0. The minimum atomic E-state index is -3.99. The normalized spacial score (nSPS) is 16.8. The molecule has 0 aromatic heterocycles. The average Bonchev–Trinajstić information content (AvgIpc) is 2.25. The lowest BCUT2D eigenvalue weighted by molar-refractivity contribution is 0.398. The van der Waals surface area contributed by atoms with Crippen LogP contribution in [-0.2, 0) is 10.4 Å². The minimum absolute atomic E-state index is 0.298. The van der Waals surface area contributed by atoms with Crippen LogP contribution in [0.25, 0.3) is 10.8 Å². The average molecular weight is 222 g/mol. The summed E-state index contributed by atoms with van der Waals surface area (Å²) in [4.78, 5) is 0. The third-order valence-electron chi connectivity index (χ3n) is 2.23. The van der Waals surface area contributed by atoms with Crippen molar-refractivity contribution in [3.8, 4) is 11.5 Å². The maximum absolute atomic E-state index is 11.3. The number of rotatable bonds is 0. The highest BCUT2D eigenvalue weighted by molar-refractivity contribution is 7.82. The van der Waals surface area contributed by atoms with Crippen molar-refractivity contribution in [1.29, 1.82) is 0 Å². The van der Waals surface area contributed by atoms with Gasteiger partial charge in [0.2, 0.25) is 0 Å². The van der Waals surface area contributed by atoms with Crippen LogP contribution in [0.3, 0.4) is 0 Å². The third kappa shape index (κ3) is 1.24. The molecule has 4 bridgehead atoms. The monoisotopic (exact) mass is 222 g/mol. The molecule has 0 saturated heterocycles. The van der Waals surface area contributed by atoms with Gasteiger partial charge in [0.05, 0.1) is 0 Å². The van der Waals surface area contributed by atoms with E-state index in [1.54, 1.807) is 36.4 Å². The van der Waals surface area contributed by atoms with Crippen LogP contribution in [0.5, 0.6) is 11.5 Å². The first kappa shape index (κ1) is 8.55. The molecule has 4 nitrogen and oxygen atoms in total. The van der Waals surface area contributed by atoms with E-state index in [2.05, 4.69) is 0 Å². The van der Waals surface area contributed by atoms with E-state index in [4.69, 9.17) is 8.37 Å². The maximum atomic E-state index is 11.3. The van der Waals surface area contributed by atoms with Crippen molar-refractivity contribution >= 4 is 21.2 Å². The van der Waals surface area contributed by atoms with Crippen LogP contribution in [-0.4, -0.2) is 8.42 Å². The van der Waals surface area contributed by atoms with Gasteiger partial charge in [-0.25, -0.2) is 0 Å². The molecule has 5 heteroatoms. The number of benzene rings is 2. The Morgan fingerprint density at radius 2 is 1.27 bits per heavy atom. The highest BCUT2D eigenvalue weighted by Gasteiger charge is 2.23. The molecule has 1 aliphatic rings. The third-order valence-corrected chi connectivity index (χ3v) is 2.99. The second-order valence-corrected chi connectivity index (χ2v) is 4.33. The summed E-state index contributed by atoms with van der Waals surface area (Å²) in [6, 6.07) is 10.2. The molecule has 15 heavy (non-hydrogen) atoms. The van der Waals surface area contributed by atoms with Crippen LogP contribution in [0.4, 0.5) is 0 Å². The van der Waals surface area contributed by atoms with Crippen LogP contribution < -0.4 is 8.37 Å². The fourth-order valence-corrected chi connectivity index (χ4v) is 2.40. The molecule has 0 amide bonds. The lowest BCUT2D eigenvalue weighted by Crippen LogP contribution is -2.14. The van der Waals surface area contributed by atoms with Crippen molar-refractivity contribution in [3.05, 3.63) is 36.4 Å². The van der Waals surface area contributed by atoms with Gasteiger partial charge < -0.3 is 8.37 Å². The second kappa shape index (κ2) is 2.64. The molecule has 0 fully saturated rings. The van der Waals surface area contributed by atoms with Crippen LogP contribution in [0, 0.1) is 0 Å². The van der Waals surface area contributed by atoms with Gasteiger partial charge in [-0.2, -0.15) is 0 Å². The molecule has 76 valence electrons. The highest BCUT2D eigenvalue weighted by atomic mass is 32.3. The van der Waals surface area contributed by atoms with E-state index in [1.807, 2.05) is 0 Å². The molecule has 0 saturated carbocycles. The molecule has 1 aliphatic heterocycles. The van der Waals surface area contributed by atoms with Gasteiger partial charge >= 0.3 is 10.4 Å². The van der Waals surface area contributed by atoms with Crippen molar-refractivity contribution in [3.63, 3.8) is 0 Å². The molecule has 3 rings (SSSR count). The molecule has 0 aliphatic carbocycles. The van der Waals surface area contributed by atoms with Gasteiger partial charge in [0.15, 0.2) is 11.5 Å². The van der Waals surface area contributed by atoms with Crippen molar-refractivity contribution in [2.45, 2.75) is 0 Å². The van der Waals surface area contributed by atoms with Crippen LogP contribution >= 0.6 is 0 Å². The molecule has 0 N–H and O–H groups in total. The molecule has 0 atom stereocenters. The zero-order valence-corrected chi connectivity index (χ0v) is 8.32. The van der Waals surface area contributed by atoms with Crippen LogP contribution in [0.2, 0.25) is 0 Å². The van der Waals surface area contributed by atoms with Gasteiger partial charge in [-0.15, -0.1) is 8.42 Å². The largest absolute Gasteiger partial charge is 0.501 e. The quantitative estimate of drug-likeness (QED) is 0.682. The molecule has 2 aromatic rings. The smallest absolute Gasteiger partial charge is 0.352 e. The first-order valence-electron chi connectivity index (χ1n) is 4.31. The predicted octanol–water partition coefficient (Wildman–Crippen LogP) is 1.86. The Bertz CT molecular complexity index is 594. The minimum Gasteiger partial charge on any atom is -0.352 e. The summed E-state index contributed by atoms with van der Waals surface area (Å²) >= 11 is 0. The van der Waals surface area contributed by atoms with Crippen molar-refractivity contribution in [2.75, 3.05) is 0 Å². The Morgan fingerprint density at radius 1 is 0.800 bits per heavy atom. The van der Waals surface area contributed by atoms with E-state index in [9.17, 15) is 8.42 Å². The SMILES string of the molecule is O=S1(=O)Oc2cccc3c(cccc23)O1. The molecule has 0 unspecified atom stereocenters. The van der Waals surface area contributed by atoms with E-state index in [1.165, 1.54) is 0 Å². The molecule has 0 spiro atoms. The van der Waals surface area contributed by atoms with Crippen molar-refractivity contribution in [2.24, 2.45) is 0 Å². The molecule has 0 radical (unpaired) electrons. The topological polar surface area (TPSA) is 52.6 Å². The Balaban J connectivity index is 2.51. The van der Waals surface area contributed by atoms with Gasteiger partial charge in [0.1, 0.15) is 0 Å². The Kier molecular flexibility index (Phi) is 1.50. The fraction of sp³-hybridized carbons (Fsp3) is 0. The summed E-state index contributed by atoms with van der Waals surface area (Å²) in [5.74, 6) is 0.596. The summed E-state index contributed by atoms with van der Waals surface area (Å²) in [7, 11) is -3.99. The molecule has 1 heterocycles. The maximum Gasteiger partial charge on any atom is 0.501 e. The Labute approximate surface area is 86.4 Å². The van der Waals surface area contributed by atoms with Crippen molar-refractivity contribution in [1.82, 2.24) is 0 Å². The van der Waals surface area contributed by atoms with E-state index < -0.39 is 10.4 Å². The lowest BCUT2D eigenvalue weighted by atomic mass is 10.1. The fourth-order valence-electron chi connectivity index (χ4n) is 1.63. The predicted molar refractivity (Wildman–Crippen MR) is 54.1 cm³/mol. The zero-order valence-electron chi connectivity index (χ0n) is 7.51. The summed E-state index contributed by atoms with van der Waals surface area (Å²) in [6.07, 6.45) is 0. The summed E-state index contributed by atoms with van der Waals surface area (Å²) < 4.78 is 32.3. The van der Waals surface area contributed by atoms with Gasteiger partial charge in [0, 0.05) is 10.8 Å². The highest BCUT2D eigenvalue weighted by Crippen LogP contribution is 2.36. The van der Waals surface area contributed by atoms with E-state index in [0.29, 0.717) is 11.5 Å².